The van der Waals surface area contributed by atoms with E-state index in [0.29, 0.717) is 0 Å². The number of nitrogens with zero attached hydrogens (tertiary/aromatic N) is 1. The highest BCUT2D eigenvalue weighted by Crippen LogP contribution is 2.28. The number of benzene rings is 1. The normalized spacial score (nSPS) is 11.6. The third-order valence-electron chi connectivity index (χ3n) is 3.25. The second-order valence-corrected chi connectivity index (χ2v) is 5.82. The first-order valence-corrected chi connectivity index (χ1v) is 6.39. The Morgan fingerprint density at radius 2 is 1.67 bits per heavy atom. The predicted molar refractivity (Wildman–Crippen MR) is 78.8 cm³/mol. The van der Waals surface area contributed by atoms with Gasteiger partial charge in [-0.3, -0.25) is 0 Å². The Labute approximate surface area is 110 Å². The number of hydrogen-bond donors (Lipinski definition) is 1. The van der Waals surface area contributed by atoms with E-state index in [1.165, 1.54) is 16.8 Å². The van der Waals surface area contributed by atoms with Crippen LogP contribution in [0, 0.1) is 6.92 Å². The van der Waals surface area contributed by atoms with Gasteiger partial charge in [-0.2, -0.15) is 0 Å². The van der Waals surface area contributed by atoms with E-state index < -0.39 is 0 Å². The molecule has 0 saturated carbocycles. The summed E-state index contributed by atoms with van der Waals surface area (Å²) in [4.78, 5) is 0. The van der Waals surface area contributed by atoms with Crippen LogP contribution in [0.15, 0.2) is 36.5 Å². The molecule has 0 aliphatic rings. The van der Waals surface area contributed by atoms with E-state index in [-0.39, 0.29) is 5.41 Å². The van der Waals surface area contributed by atoms with Gasteiger partial charge in [-0.25, -0.2) is 0 Å². The molecule has 2 heteroatoms. The lowest BCUT2D eigenvalue weighted by Gasteiger charge is -2.15. The first-order valence-electron chi connectivity index (χ1n) is 6.39. The lowest BCUT2D eigenvalue weighted by atomic mass is 9.89. The van der Waals surface area contributed by atoms with Crippen LogP contribution in [-0.4, -0.2) is 11.6 Å². The molecule has 1 heterocycles. The molecule has 2 rings (SSSR count). The summed E-state index contributed by atoms with van der Waals surface area (Å²) in [6.45, 7) is 8.82. The molecule has 0 fully saturated rings. The number of anilines is 1. The van der Waals surface area contributed by atoms with E-state index in [2.05, 4.69) is 74.1 Å². The molecule has 0 unspecified atom stereocenters. The van der Waals surface area contributed by atoms with Gasteiger partial charge in [-0.1, -0.05) is 38.5 Å². The van der Waals surface area contributed by atoms with Gasteiger partial charge in [0.25, 0.3) is 0 Å². The monoisotopic (exact) mass is 242 g/mol. The van der Waals surface area contributed by atoms with Crippen molar-refractivity contribution in [1.29, 1.82) is 0 Å². The Kier molecular flexibility index (Phi) is 3.20. The van der Waals surface area contributed by atoms with E-state index >= 15 is 0 Å². The fourth-order valence-electron chi connectivity index (χ4n) is 1.98. The second kappa shape index (κ2) is 4.52. The van der Waals surface area contributed by atoms with Crippen LogP contribution < -0.4 is 5.32 Å². The molecule has 2 nitrogen and oxygen atoms in total. The maximum atomic E-state index is 3.26. The van der Waals surface area contributed by atoms with Gasteiger partial charge in [0.2, 0.25) is 0 Å². The fraction of sp³-hybridized carbons (Fsp3) is 0.375. The molecule has 96 valence electrons. The summed E-state index contributed by atoms with van der Waals surface area (Å²) in [5.41, 5.74) is 3.99. The van der Waals surface area contributed by atoms with Crippen molar-refractivity contribution in [3.63, 3.8) is 0 Å². The van der Waals surface area contributed by atoms with E-state index in [4.69, 9.17) is 0 Å². The lowest BCUT2D eigenvalue weighted by molar-refractivity contribution is 0.590. The van der Waals surface area contributed by atoms with Crippen LogP contribution in [0.2, 0.25) is 0 Å². The van der Waals surface area contributed by atoms with E-state index in [0.717, 1.165) is 5.82 Å². The molecule has 18 heavy (non-hydrogen) atoms. The van der Waals surface area contributed by atoms with Gasteiger partial charge in [0, 0.05) is 18.9 Å². The third kappa shape index (κ3) is 2.42. The number of nitrogens with one attached hydrogen (secondary N) is 1. The molecule has 0 bridgehead atoms. The molecule has 2 aromatic rings. The van der Waals surface area contributed by atoms with Crippen LogP contribution in [0.4, 0.5) is 5.82 Å². The third-order valence-corrected chi connectivity index (χ3v) is 3.25. The zero-order valence-electron chi connectivity index (χ0n) is 11.9. The number of rotatable bonds is 2. The zero-order chi connectivity index (χ0) is 13.3. The first kappa shape index (κ1) is 12.7. The van der Waals surface area contributed by atoms with Crippen molar-refractivity contribution in [3.05, 3.63) is 47.7 Å². The molecular weight excluding hydrogens is 220 g/mol. The van der Waals surface area contributed by atoms with Crippen molar-refractivity contribution in [3.8, 4) is 5.69 Å². The summed E-state index contributed by atoms with van der Waals surface area (Å²) >= 11 is 0. The van der Waals surface area contributed by atoms with E-state index in [1.54, 1.807) is 0 Å². The summed E-state index contributed by atoms with van der Waals surface area (Å²) in [6.07, 6.45) is 2.22. The van der Waals surface area contributed by atoms with Gasteiger partial charge < -0.3 is 9.88 Å². The number of hydrogen-bond acceptors (Lipinski definition) is 1. The maximum absolute atomic E-state index is 3.26. The summed E-state index contributed by atoms with van der Waals surface area (Å²) in [5, 5.41) is 3.26. The van der Waals surface area contributed by atoms with Crippen molar-refractivity contribution in [2.75, 3.05) is 12.4 Å². The van der Waals surface area contributed by atoms with Gasteiger partial charge in [0.05, 0.1) is 0 Å². The Morgan fingerprint density at radius 1 is 1.06 bits per heavy atom. The Balaban J connectivity index is 2.50. The van der Waals surface area contributed by atoms with E-state index in [1.807, 2.05) is 7.05 Å². The molecule has 0 saturated heterocycles. The summed E-state index contributed by atoms with van der Waals surface area (Å²) in [7, 11) is 1.96. The maximum Gasteiger partial charge on any atom is 0.110 e. The minimum atomic E-state index is 0.168. The smallest absolute Gasteiger partial charge is 0.110 e. The Bertz CT molecular complexity index is 527. The lowest BCUT2D eigenvalue weighted by Crippen LogP contribution is -2.09. The molecule has 0 aliphatic heterocycles. The van der Waals surface area contributed by atoms with Crippen LogP contribution in [0.1, 0.15) is 31.9 Å². The molecule has 0 radical (unpaired) electrons. The van der Waals surface area contributed by atoms with E-state index in [9.17, 15) is 0 Å². The van der Waals surface area contributed by atoms with Gasteiger partial charge in [-0.15, -0.1) is 0 Å². The molecule has 1 aromatic carbocycles. The minimum absolute atomic E-state index is 0.168. The van der Waals surface area contributed by atoms with Crippen LogP contribution in [0.25, 0.3) is 5.69 Å². The van der Waals surface area contributed by atoms with Gasteiger partial charge in [0.1, 0.15) is 5.82 Å². The quantitative estimate of drug-likeness (QED) is 0.838. The molecule has 0 atom stereocenters. The van der Waals surface area contributed by atoms with Gasteiger partial charge >= 0.3 is 0 Å². The second-order valence-electron chi connectivity index (χ2n) is 5.82. The molecular formula is C16H22N2. The number of aromatic nitrogens is 1. The first-order chi connectivity index (χ1) is 8.41. The van der Waals surface area contributed by atoms with Gasteiger partial charge in [-0.05, 0) is 36.1 Å². The molecule has 0 amide bonds. The van der Waals surface area contributed by atoms with Crippen molar-refractivity contribution in [2.45, 2.75) is 33.1 Å². The predicted octanol–water partition coefficient (Wildman–Crippen LogP) is 4.12. The van der Waals surface area contributed by atoms with Gasteiger partial charge in [0.15, 0.2) is 0 Å². The highest BCUT2D eigenvalue weighted by Gasteiger charge is 2.17. The largest absolute Gasteiger partial charge is 0.374 e. The standard InChI is InChI=1S/C16H22N2/c1-12-6-8-14(9-7-12)18-11-13(16(2,3)4)10-15(18)17-5/h6-11,17H,1-5H3. The summed E-state index contributed by atoms with van der Waals surface area (Å²) in [6, 6.07) is 10.8. The minimum Gasteiger partial charge on any atom is -0.374 e. The summed E-state index contributed by atoms with van der Waals surface area (Å²) < 4.78 is 2.21. The molecule has 0 spiro atoms. The topological polar surface area (TPSA) is 17.0 Å². The highest BCUT2D eigenvalue weighted by atomic mass is 15.1. The van der Waals surface area contributed by atoms with Crippen molar-refractivity contribution >= 4 is 5.82 Å². The molecule has 0 aliphatic carbocycles. The SMILES string of the molecule is CNc1cc(C(C)(C)C)cn1-c1ccc(C)cc1. The van der Waals surface area contributed by atoms with Crippen LogP contribution in [0.3, 0.4) is 0 Å². The summed E-state index contributed by atoms with van der Waals surface area (Å²) in [5.74, 6) is 1.13. The number of aryl methyl sites for hydroxylation is 1. The van der Waals surface area contributed by atoms with Crippen molar-refractivity contribution < 1.29 is 0 Å². The van der Waals surface area contributed by atoms with Crippen molar-refractivity contribution in [2.24, 2.45) is 0 Å². The zero-order valence-corrected chi connectivity index (χ0v) is 11.9. The Hall–Kier alpha value is -1.70. The van der Waals surface area contributed by atoms with Crippen LogP contribution >= 0.6 is 0 Å². The van der Waals surface area contributed by atoms with Crippen LogP contribution in [-0.2, 0) is 5.41 Å². The van der Waals surface area contributed by atoms with Crippen LogP contribution in [0.5, 0.6) is 0 Å². The Morgan fingerprint density at radius 3 is 2.17 bits per heavy atom. The fourth-order valence-corrected chi connectivity index (χ4v) is 1.98. The van der Waals surface area contributed by atoms with Crippen molar-refractivity contribution in [1.82, 2.24) is 4.57 Å². The highest BCUT2D eigenvalue weighted by molar-refractivity contribution is 5.51. The average Bonchev–Trinajstić information content (AvgIpc) is 2.73. The molecule has 1 N–H and O–H groups in total. The average molecular weight is 242 g/mol. The molecule has 1 aromatic heterocycles.